The van der Waals surface area contributed by atoms with Crippen molar-refractivity contribution in [1.82, 2.24) is 10.2 Å². The molecule has 1 aromatic rings. The Hall–Kier alpha value is -1.30. The summed E-state index contributed by atoms with van der Waals surface area (Å²) in [6, 6.07) is 3.81. The van der Waals surface area contributed by atoms with Crippen molar-refractivity contribution in [2.45, 2.75) is 44.3 Å². The summed E-state index contributed by atoms with van der Waals surface area (Å²) in [5.41, 5.74) is 0.364. The smallest absolute Gasteiger partial charge is 0.318 e. The van der Waals surface area contributed by atoms with Crippen molar-refractivity contribution < 1.29 is 13.6 Å². The summed E-state index contributed by atoms with van der Waals surface area (Å²) < 4.78 is 26.8. The molecule has 0 bridgehead atoms. The number of urea groups is 1. The number of nitrogens with one attached hydrogen (secondary N) is 1. The predicted molar refractivity (Wildman–Crippen MR) is 83.8 cm³/mol. The van der Waals surface area contributed by atoms with E-state index >= 15 is 0 Å². The van der Waals surface area contributed by atoms with E-state index in [4.69, 9.17) is 0 Å². The predicted octanol–water partition coefficient (Wildman–Crippen LogP) is 3.53. The summed E-state index contributed by atoms with van der Waals surface area (Å²) in [6.45, 7) is 0.198. The number of carbonyl (C=O) groups is 1. The van der Waals surface area contributed by atoms with Crippen molar-refractivity contribution >= 4 is 17.8 Å². The molecule has 120 valence electrons. The molecule has 1 saturated carbocycles. The summed E-state index contributed by atoms with van der Waals surface area (Å²) in [5.74, 6) is 0.956. The summed E-state index contributed by atoms with van der Waals surface area (Å²) in [6.07, 6.45) is 3.88. The second-order valence-corrected chi connectivity index (χ2v) is 7.16. The molecule has 1 aromatic carbocycles. The average molecular weight is 326 g/mol. The van der Waals surface area contributed by atoms with Gasteiger partial charge in [0.2, 0.25) is 0 Å². The van der Waals surface area contributed by atoms with E-state index in [1.807, 2.05) is 11.8 Å². The van der Waals surface area contributed by atoms with E-state index in [9.17, 15) is 13.6 Å². The number of rotatable bonds is 4. The van der Waals surface area contributed by atoms with Crippen LogP contribution in [0.5, 0.6) is 0 Å². The van der Waals surface area contributed by atoms with Crippen molar-refractivity contribution in [3.05, 3.63) is 35.4 Å². The third-order valence-electron chi connectivity index (χ3n) is 4.15. The molecular weight excluding hydrogens is 306 g/mol. The molecule has 2 fully saturated rings. The first-order chi connectivity index (χ1) is 10.6. The second kappa shape index (κ2) is 6.86. The molecule has 22 heavy (non-hydrogen) atoms. The molecule has 2 aliphatic rings. The lowest BCUT2D eigenvalue weighted by Crippen LogP contribution is -2.46. The molecule has 2 amide bonds. The Kier molecular flexibility index (Phi) is 4.86. The van der Waals surface area contributed by atoms with Gasteiger partial charge in [-0.15, -0.1) is 0 Å². The highest BCUT2D eigenvalue weighted by Crippen LogP contribution is 2.29. The Morgan fingerprint density at radius 2 is 1.95 bits per heavy atom. The van der Waals surface area contributed by atoms with E-state index in [0.717, 1.165) is 43.3 Å². The number of hydrogen-bond acceptors (Lipinski definition) is 2. The van der Waals surface area contributed by atoms with Gasteiger partial charge in [0, 0.05) is 23.7 Å². The van der Waals surface area contributed by atoms with E-state index < -0.39 is 11.6 Å². The van der Waals surface area contributed by atoms with Crippen LogP contribution in [0.2, 0.25) is 0 Å². The van der Waals surface area contributed by atoms with Gasteiger partial charge in [0.1, 0.15) is 11.6 Å². The maximum absolute atomic E-state index is 13.8. The summed E-state index contributed by atoms with van der Waals surface area (Å²) >= 11 is 1.91. The van der Waals surface area contributed by atoms with Crippen molar-refractivity contribution in [1.29, 1.82) is 0 Å². The zero-order valence-electron chi connectivity index (χ0n) is 12.4. The largest absolute Gasteiger partial charge is 0.335 e. The van der Waals surface area contributed by atoms with Gasteiger partial charge in [0.25, 0.3) is 0 Å². The highest BCUT2D eigenvalue weighted by atomic mass is 32.2. The third kappa shape index (κ3) is 3.91. The lowest BCUT2D eigenvalue weighted by atomic mass is 10.1. The van der Waals surface area contributed by atoms with Crippen molar-refractivity contribution in [2.75, 3.05) is 11.5 Å². The van der Waals surface area contributed by atoms with E-state index in [0.29, 0.717) is 5.56 Å². The minimum atomic E-state index is -0.594. The van der Waals surface area contributed by atoms with Gasteiger partial charge >= 0.3 is 6.03 Å². The minimum absolute atomic E-state index is 0.122. The van der Waals surface area contributed by atoms with Gasteiger partial charge in [0.05, 0.1) is 6.54 Å². The number of halogens is 2. The van der Waals surface area contributed by atoms with E-state index in [2.05, 4.69) is 5.32 Å². The highest BCUT2D eigenvalue weighted by Gasteiger charge is 2.34. The monoisotopic (exact) mass is 326 g/mol. The fraction of sp³-hybridized carbons (Fsp3) is 0.562. The van der Waals surface area contributed by atoms with Gasteiger partial charge in [0.15, 0.2) is 0 Å². The molecule has 0 atom stereocenters. The third-order valence-corrected chi connectivity index (χ3v) is 5.20. The number of carbonyl (C=O) groups excluding carboxylic acids is 1. The van der Waals surface area contributed by atoms with Gasteiger partial charge in [-0.3, -0.25) is 0 Å². The van der Waals surface area contributed by atoms with Crippen LogP contribution in [0.4, 0.5) is 13.6 Å². The van der Waals surface area contributed by atoms with Crippen LogP contribution in [0, 0.1) is 11.6 Å². The van der Waals surface area contributed by atoms with Crippen molar-refractivity contribution in [3.8, 4) is 0 Å². The van der Waals surface area contributed by atoms with E-state index in [1.54, 1.807) is 4.90 Å². The number of thioether (sulfide) groups is 1. The lowest BCUT2D eigenvalue weighted by Gasteiger charge is -2.28. The molecule has 1 saturated heterocycles. The summed E-state index contributed by atoms with van der Waals surface area (Å²) in [7, 11) is 0. The molecule has 0 radical (unpaired) electrons. The zero-order valence-corrected chi connectivity index (χ0v) is 13.2. The summed E-state index contributed by atoms with van der Waals surface area (Å²) in [5, 5.41) is 3.07. The molecule has 0 aromatic heterocycles. The standard InChI is InChI=1S/C16H20F2N2OS/c17-12-2-1-11(15(18)9-12)10-20(14-3-4-14)16(21)19-13-5-7-22-8-6-13/h1-2,9,13-14H,3-8,10H2,(H,19,21). The fourth-order valence-corrected chi connectivity index (χ4v) is 3.79. The van der Waals surface area contributed by atoms with Crippen LogP contribution in [0.15, 0.2) is 18.2 Å². The van der Waals surface area contributed by atoms with Crippen LogP contribution in [-0.4, -0.2) is 34.5 Å². The molecule has 1 aliphatic heterocycles. The topological polar surface area (TPSA) is 32.3 Å². The molecule has 0 spiro atoms. The van der Waals surface area contributed by atoms with Crippen LogP contribution in [0.25, 0.3) is 0 Å². The zero-order chi connectivity index (χ0) is 15.5. The number of amides is 2. The molecule has 1 N–H and O–H groups in total. The normalized spacial score (nSPS) is 19.0. The van der Waals surface area contributed by atoms with Crippen LogP contribution in [-0.2, 0) is 6.54 Å². The van der Waals surface area contributed by atoms with Crippen molar-refractivity contribution in [2.24, 2.45) is 0 Å². The maximum Gasteiger partial charge on any atom is 0.318 e. The van der Waals surface area contributed by atoms with Gasteiger partial charge < -0.3 is 10.2 Å². The van der Waals surface area contributed by atoms with Gasteiger partial charge in [-0.1, -0.05) is 6.07 Å². The molecule has 3 nitrogen and oxygen atoms in total. The van der Waals surface area contributed by atoms with Gasteiger partial charge in [-0.05, 0) is 43.3 Å². The van der Waals surface area contributed by atoms with Crippen LogP contribution < -0.4 is 5.32 Å². The first kappa shape index (κ1) is 15.6. The first-order valence-corrected chi connectivity index (χ1v) is 8.88. The maximum atomic E-state index is 13.8. The van der Waals surface area contributed by atoms with Crippen LogP contribution in [0.3, 0.4) is 0 Å². The van der Waals surface area contributed by atoms with E-state index in [-0.39, 0.29) is 24.7 Å². The molecule has 6 heteroatoms. The SMILES string of the molecule is O=C(NC1CCSCC1)N(Cc1ccc(F)cc1F)C1CC1. The highest BCUT2D eigenvalue weighted by molar-refractivity contribution is 7.99. The molecule has 3 rings (SSSR count). The minimum Gasteiger partial charge on any atom is -0.335 e. The molecule has 1 heterocycles. The molecule has 1 aliphatic carbocycles. The summed E-state index contributed by atoms with van der Waals surface area (Å²) in [4.78, 5) is 14.2. The quantitative estimate of drug-likeness (QED) is 0.918. The Balaban J connectivity index is 1.65. The average Bonchev–Trinajstić information content (AvgIpc) is 3.32. The molecule has 0 unspecified atom stereocenters. The Bertz CT molecular complexity index is 545. The van der Waals surface area contributed by atoms with Gasteiger partial charge in [-0.2, -0.15) is 11.8 Å². The molecular formula is C16H20F2N2OS. The number of nitrogens with zero attached hydrogens (tertiary/aromatic N) is 1. The Morgan fingerprint density at radius 3 is 2.59 bits per heavy atom. The van der Waals surface area contributed by atoms with E-state index in [1.165, 1.54) is 12.1 Å². The number of benzene rings is 1. The number of hydrogen-bond donors (Lipinski definition) is 1. The van der Waals surface area contributed by atoms with Crippen molar-refractivity contribution in [3.63, 3.8) is 0 Å². The van der Waals surface area contributed by atoms with Crippen LogP contribution in [0.1, 0.15) is 31.2 Å². The second-order valence-electron chi connectivity index (χ2n) is 5.93. The Labute approximate surface area is 133 Å². The van der Waals surface area contributed by atoms with Crippen LogP contribution >= 0.6 is 11.8 Å². The Morgan fingerprint density at radius 1 is 1.23 bits per heavy atom. The van der Waals surface area contributed by atoms with Gasteiger partial charge in [-0.25, -0.2) is 13.6 Å². The lowest BCUT2D eigenvalue weighted by molar-refractivity contribution is 0.186. The first-order valence-electron chi connectivity index (χ1n) is 7.72. The fourth-order valence-electron chi connectivity index (χ4n) is 2.69.